The van der Waals surface area contributed by atoms with Gasteiger partial charge in [0.15, 0.2) is 5.78 Å². The van der Waals surface area contributed by atoms with Crippen LogP contribution in [-0.2, 0) is 0 Å². The molecule has 0 heterocycles. The summed E-state index contributed by atoms with van der Waals surface area (Å²) in [6, 6.07) is 19.7. The summed E-state index contributed by atoms with van der Waals surface area (Å²) in [7, 11) is 0. The molecule has 1 N–H and O–H groups in total. The Balaban J connectivity index is 1.58. The van der Waals surface area contributed by atoms with Crippen molar-refractivity contribution in [2.45, 2.75) is 11.8 Å². The molecule has 0 spiro atoms. The Labute approximate surface area is 178 Å². The first-order valence-corrected chi connectivity index (χ1v) is 10.3. The summed E-state index contributed by atoms with van der Waals surface area (Å²) in [5.41, 5.74) is 2.80. The van der Waals surface area contributed by atoms with Crippen molar-refractivity contribution in [2.24, 2.45) is 0 Å². The van der Waals surface area contributed by atoms with Crippen molar-refractivity contribution in [3.05, 3.63) is 93.5 Å². The van der Waals surface area contributed by atoms with E-state index in [9.17, 15) is 9.59 Å². The lowest BCUT2D eigenvalue weighted by atomic mass is 10.1. The molecule has 0 atom stereocenters. The van der Waals surface area contributed by atoms with E-state index in [0.29, 0.717) is 26.9 Å². The van der Waals surface area contributed by atoms with E-state index in [1.165, 1.54) is 11.8 Å². The third-order valence-electron chi connectivity index (χ3n) is 4.11. The number of hydrogen-bond donors (Lipinski definition) is 1. The van der Waals surface area contributed by atoms with Gasteiger partial charge in [0.1, 0.15) is 0 Å². The molecular formula is C22H17Cl2NO2S. The first-order valence-electron chi connectivity index (χ1n) is 8.52. The molecule has 6 heteroatoms. The number of amides is 1. The molecule has 0 unspecified atom stereocenters. The van der Waals surface area contributed by atoms with E-state index in [1.807, 2.05) is 49.4 Å². The zero-order valence-corrected chi connectivity index (χ0v) is 17.4. The Hall–Kier alpha value is -2.27. The van der Waals surface area contributed by atoms with Crippen LogP contribution in [0.4, 0.5) is 5.69 Å². The Bertz CT molecular complexity index is 1020. The molecule has 0 radical (unpaired) electrons. The van der Waals surface area contributed by atoms with Crippen LogP contribution in [-0.4, -0.2) is 17.4 Å². The van der Waals surface area contributed by atoms with Crippen LogP contribution in [0.2, 0.25) is 10.0 Å². The highest BCUT2D eigenvalue weighted by molar-refractivity contribution is 8.00. The number of Topliss-reactive ketones (excluding diaryl/α,β-unsaturated/α-hetero) is 1. The van der Waals surface area contributed by atoms with E-state index in [4.69, 9.17) is 23.2 Å². The van der Waals surface area contributed by atoms with Gasteiger partial charge < -0.3 is 5.32 Å². The maximum atomic E-state index is 12.4. The van der Waals surface area contributed by atoms with Gasteiger partial charge in [-0.15, -0.1) is 11.8 Å². The number of halogens is 2. The fourth-order valence-corrected chi connectivity index (χ4v) is 3.65. The lowest BCUT2D eigenvalue weighted by Gasteiger charge is -2.08. The van der Waals surface area contributed by atoms with Crippen LogP contribution in [0.5, 0.6) is 0 Å². The topological polar surface area (TPSA) is 46.2 Å². The minimum absolute atomic E-state index is 0.0273. The van der Waals surface area contributed by atoms with E-state index < -0.39 is 0 Å². The third-order valence-corrected chi connectivity index (χ3v) is 5.86. The van der Waals surface area contributed by atoms with Crippen molar-refractivity contribution in [1.82, 2.24) is 0 Å². The van der Waals surface area contributed by atoms with Gasteiger partial charge >= 0.3 is 0 Å². The number of carbonyl (C=O) groups excluding carboxylic acids is 2. The standard InChI is InChI=1S/C22H17Cl2NO2S/c1-14-4-2-3-5-18(14)22(27)25-16-7-9-17(10-8-16)28-13-21(26)15-6-11-19(23)20(24)12-15/h2-12H,13H2,1H3,(H,25,27). The van der Waals surface area contributed by atoms with Gasteiger partial charge in [-0.3, -0.25) is 9.59 Å². The van der Waals surface area contributed by atoms with Crippen molar-refractivity contribution in [1.29, 1.82) is 0 Å². The smallest absolute Gasteiger partial charge is 0.255 e. The Morgan fingerprint density at radius 1 is 0.929 bits per heavy atom. The zero-order valence-electron chi connectivity index (χ0n) is 15.0. The SMILES string of the molecule is Cc1ccccc1C(=O)Nc1ccc(SCC(=O)c2ccc(Cl)c(Cl)c2)cc1. The highest BCUT2D eigenvalue weighted by Crippen LogP contribution is 2.25. The second-order valence-corrected chi connectivity index (χ2v) is 8.00. The fourth-order valence-electron chi connectivity index (χ4n) is 2.56. The third kappa shape index (κ3) is 5.16. The van der Waals surface area contributed by atoms with E-state index in [1.54, 1.807) is 24.3 Å². The van der Waals surface area contributed by atoms with E-state index >= 15 is 0 Å². The molecule has 3 nitrogen and oxygen atoms in total. The quantitative estimate of drug-likeness (QED) is 0.357. The van der Waals surface area contributed by atoms with Crippen LogP contribution in [0.15, 0.2) is 71.6 Å². The minimum Gasteiger partial charge on any atom is -0.322 e. The highest BCUT2D eigenvalue weighted by Gasteiger charge is 2.10. The number of aryl methyl sites for hydroxylation is 1. The van der Waals surface area contributed by atoms with Gasteiger partial charge in [-0.1, -0.05) is 41.4 Å². The second kappa shape index (κ2) is 9.28. The number of carbonyl (C=O) groups is 2. The van der Waals surface area contributed by atoms with Crippen LogP contribution in [0.1, 0.15) is 26.3 Å². The van der Waals surface area contributed by atoms with Gasteiger partial charge in [0.05, 0.1) is 15.8 Å². The van der Waals surface area contributed by atoms with Crippen LogP contribution in [0.3, 0.4) is 0 Å². The Morgan fingerprint density at radius 3 is 2.32 bits per heavy atom. The minimum atomic E-state index is -0.145. The Kier molecular flexibility index (Phi) is 6.79. The summed E-state index contributed by atoms with van der Waals surface area (Å²) in [4.78, 5) is 25.6. The van der Waals surface area contributed by atoms with Gasteiger partial charge in [0.2, 0.25) is 0 Å². The second-order valence-electron chi connectivity index (χ2n) is 6.13. The molecule has 0 saturated heterocycles. The number of benzene rings is 3. The number of hydrogen-bond acceptors (Lipinski definition) is 3. The van der Waals surface area contributed by atoms with Crippen LogP contribution < -0.4 is 5.32 Å². The number of nitrogens with one attached hydrogen (secondary N) is 1. The summed E-state index contributed by atoms with van der Waals surface area (Å²) in [5, 5.41) is 3.68. The molecule has 1 amide bonds. The van der Waals surface area contributed by atoms with Crippen molar-refractivity contribution in [3.8, 4) is 0 Å². The molecule has 3 aromatic rings. The summed E-state index contributed by atoms with van der Waals surface area (Å²) in [6.45, 7) is 1.90. The number of ketones is 1. The van der Waals surface area contributed by atoms with Crippen molar-refractivity contribution in [3.63, 3.8) is 0 Å². The molecule has 0 aromatic heterocycles. The molecule has 0 bridgehead atoms. The number of rotatable bonds is 6. The maximum Gasteiger partial charge on any atom is 0.255 e. The number of anilines is 1. The summed E-state index contributed by atoms with van der Waals surface area (Å²) < 4.78 is 0. The number of thioether (sulfide) groups is 1. The van der Waals surface area contributed by atoms with Crippen LogP contribution in [0, 0.1) is 6.92 Å². The molecule has 0 fully saturated rings. The first kappa shape index (κ1) is 20.5. The molecule has 3 rings (SSSR count). The summed E-state index contributed by atoms with van der Waals surface area (Å²) >= 11 is 13.3. The molecule has 0 aliphatic carbocycles. The molecule has 142 valence electrons. The van der Waals surface area contributed by atoms with E-state index in [-0.39, 0.29) is 17.4 Å². The molecule has 0 aliphatic rings. The normalized spacial score (nSPS) is 10.5. The van der Waals surface area contributed by atoms with Gasteiger partial charge in [0, 0.05) is 21.7 Å². The van der Waals surface area contributed by atoms with Gasteiger partial charge in [0.25, 0.3) is 5.91 Å². The molecule has 3 aromatic carbocycles. The summed E-state index contributed by atoms with van der Waals surface area (Å²) in [6.07, 6.45) is 0. The fraction of sp³-hybridized carbons (Fsp3) is 0.0909. The molecule has 0 aliphatic heterocycles. The Morgan fingerprint density at radius 2 is 1.64 bits per heavy atom. The molecule has 0 saturated carbocycles. The van der Waals surface area contributed by atoms with E-state index in [0.717, 1.165) is 10.5 Å². The van der Waals surface area contributed by atoms with Crippen molar-refractivity contribution in [2.75, 3.05) is 11.1 Å². The van der Waals surface area contributed by atoms with Crippen molar-refractivity contribution >= 4 is 52.3 Å². The van der Waals surface area contributed by atoms with Gasteiger partial charge in [-0.25, -0.2) is 0 Å². The van der Waals surface area contributed by atoms with Gasteiger partial charge in [-0.05, 0) is 61.0 Å². The average molecular weight is 430 g/mol. The lowest BCUT2D eigenvalue weighted by Crippen LogP contribution is -2.13. The van der Waals surface area contributed by atoms with Crippen LogP contribution in [0.25, 0.3) is 0 Å². The summed E-state index contributed by atoms with van der Waals surface area (Å²) in [5.74, 6) is 0.112. The molecule has 28 heavy (non-hydrogen) atoms. The van der Waals surface area contributed by atoms with Gasteiger partial charge in [-0.2, -0.15) is 0 Å². The molecular weight excluding hydrogens is 413 g/mol. The average Bonchev–Trinajstić information content (AvgIpc) is 2.69. The lowest BCUT2D eigenvalue weighted by molar-refractivity contribution is 0.101. The maximum absolute atomic E-state index is 12.4. The zero-order chi connectivity index (χ0) is 20.1. The van der Waals surface area contributed by atoms with Crippen LogP contribution >= 0.6 is 35.0 Å². The predicted molar refractivity (Wildman–Crippen MR) is 117 cm³/mol. The highest BCUT2D eigenvalue weighted by atomic mass is 35.5. The predicted octanol–water partition coefficient (Wildman–Crippen LogP) is 6.53. The largest absolute Gasteiger partial charge is 0.322 e. The first-order chi connectivity index (χ1) is 13.4. The van der Waals surface area contributed by atoms with E-state index in [2.05, 4.69) is 5.32 Å². The van der Waals surface area contributed by atoms with Crippen molar-refractivity contribution < 1.29 is 9.59 Å². The monoisotopic (exact) mass is 429 g/mol.